The second-order valence-corrected chi connectivity index (χ2v) is 6.82. The first-order chi connectivity index (χ1) is 11.6. The number of H-pyrrole nitrogens is 1. The number of hydrogen-bond donors (Lipinski definition) is 1. The fourth-order valence-corrected chi connectivity index (χ4v) is 3.84. The lowest BCUT2D eigenvalue weighted by atomic mass is 10.3. The molecule has 6 nitrogen and oxygen atoms in total. The van der Waals surface area contributed by atoms with E-state index in [4.69, 9.17) is 0 Å². The molecule has 0 spiro atoms. The van der Waals surface area contributed by atoms with Gasteiger partial charge in [0.2, 0.25) is 0 Å². The summed E-state index contributed by atoms with van der Waals surface area (Å²) in [5.41, 5.74) is 1.87. The molecular weight excluding hydrogens is 324 g/mol. The van der Waals surface area contributed by atoms with Gasteiger partial charge in [-0.3, -0.25) is 9.59 Å². The van der Waals surface area contributed by atoms with E-state index in [0.717, 1.165) is 16.1 Å². The minimum absolute atomic E-state index is 0.0569. The van der Waals surface area contributed by atoms with E-state index in [0.29, 0.717) is 29.9 Å². The molecule has 0 unspecified atom stereocenters. The van der Waals surface area contributed by atoms with Crippen LogP contribution in [0, 0.1) is 0 Å². The molecule has 0 atom stereocenters. The second kappa shape index (κ2) is 5.83. The Morgan fingerprint density at radius 2 is 2.00 bits per heavy atom. The van der Waals surface area contributed by atoms with Gasteiger partial charge in [0, 0.05) is 30.8 Å². The molecular formula is C17H16N4O2S. The zero-order chi connectivity index (χ0) is 16.7. The average Bonchev–Trinajstić information content (AvgIpc) is 3.00. The lowest BCUT2D eigenvalue weighted by Crippen LogP contribution is -2.36. The summed E-state index contributed by atoms with van der Waals surface area (Å²) in [6, 6.07) is 11.7. The van der Waals surface area contributed by atoms with Crippen molar-refractivity contribution in [2.45, 2.75) is 17.2 Å². The number of hydrogen-bond acceptors (Lipinski definition) is 4. The Morgan fingerprint density at radius 1 is 1.21 bits per heavy atom. The Hall–Kier alpha value is -2.54. The number of carbonyl (C=O) groups is 1. The number of benzene rings is 1. The standard InChI is InChI=1S/C17H16N4O2S/c1-20-7-8-21-14(17(20)23)9-12-15(21)13(18-19-16(12)22)10-24-11-5-3-2-4-6-11/h2-6,9H,7-8,10H2,1H3,(H,19,22). The normalized spacial score (nSPS) is 14.2. The molecule has 2 aromatic heterocycles. The van der Waals surface area contributed by atoms with E-state index >= 15 is 0 Å². The molecule has 0 radical (unpaired) electrons. The van der Waals surface area contributed by atoms with Crippen molar-refractivity contribution >= 4 is 28.6 Å². The van der Waals surface area contributed by atoms with Crippen molar-refractivity contribution in [2.75, 3.05) is 13.6 Å². The second-order valence-electron chi connectivity index (χ2n) is 5.77. The van der Waals surface area contributed by atoms with Gasteiger partial charge in [-0.05, 0) is 18.2 Å². The van der Waals surface area contributed by atoms with E-state index in [9.17, 15) is 9.59 Å². The number of amides is 1. The highest BCUT2D eigenvalue weighted by molar-refractivity contribution is 7.98. The molecule has 1 aromatic carbocycles. The SMILES string of the molecule is CN1CCn2c(cc3c(=O)[nH]nc(CSc4ccccc4)c32)C1=O. The highest BCUT2D eigenvalue weighted by atomic mass is 32.2. The average molecular weight is 340 g/mol. The Kier molecular flexibility index (Phi) is 3.65. The summed E-state index contributed by atoms with van der Waals surface area (Å²) < 4.78 is 1.93. The largest absolute Gasteiger partial charge is 0.339 e. The van der Waals surface area contributed by atoms with Crippen molar-refractivity contribution in [2.24, 2.45) is 0 Å². The Balaban J connectivity index is 1.79. The van der Waals surface area contributed by atoms with Crippen molar-refractivity contribution in [3.63, 3.8) is 0 Å². The van der Waals surface area contributed by atoms with E-state index in [2.05, 4.69) is 10.2 Å². The van der Waals surface area contributed by atoms with Gasteiger partial charge in [-0.1, -0.05) is 18.2 Å². The van der Waals surface area contributed by atoms with Crippen LogP contribution in [0.2, 0.25) is 0 Å². The van der Waals surface area contributed by atoms with Crippen LogP contribution in [0.25, 0.3) is 10.9 Å². The molecule has 0 saturated heterocycles. The molecule has 122 valence electrons. The fraction of sp³-hybridized carbons (Fsp3) is 0.235. The van der Waals surface area contributed by atoms with Crippen molar-refractivity contribution in [3.8, 4) is 0 Å². The topological polar surface area (TPSA) is 71.0 Å². The monoisotopic (exact) mass is 340 g/mol. The molecule has 4 rings (SSSR count). The van der Waals surface area contributed by atoms with Crippen LogP contribution in [-0.2, 0) is 12.3 Å². The molecule has 7 heteroatoms. The van der Waals surface area contributed by atoms with Gasteiger partial charge in [0.25, 0.3) is 11.5 Å². The molecule has 0 saturated carbocycles. The van der Waals surface area contributed by atoms with Crippen molar-refractivity contribution in [3.05, 3.63) is 58.1 Å². The van der Waals surface area contributed by atoms with E-state index < -0.39 is 0 Å². The summed E-state index contributed by atoms with van der Waals surface area (Å²) in [5.74, 6) is 0.573. The smallest absolute Gasteiger partial charge is 0.273 e. The number of fused-ring (bicyclic) bond motifs is 3. The summed E-state index contributed by atoms with van der Waals surface area (Å²) in [7, 11) is 1.78. The summed E-state index contributed by atoms with van der Waals surface area (Å²) in [6.07, 6.45) is 0. The number of aromatic amines is 1. The van der Waals surface area contributed by atoms with Gasteiger partial charge < -0.3 is 9.47 Å². The minimum Gasteiger partial charge on any atom is -0.339 e. The lowest BCUT2D eigenvalue weighted by molar-refractivity contribution is 0.0751. The number of thioether (sulfide) groups is 1. The molecule has 0 bridgehead atoms. The molecule has 3 heterocycles. The first kappa shape index (κ1) is 15.0. The highest BCUT2D eigenvalue weighted by Gasteiger charge is 2.26. The summed E-state index contributed by atoms with van der Waals surface area (Å²) >= 11 is 1.66. The van der Waals surface area contributed by atoms with E-state index in [1.807, 2.05) is 34.9 Å². The molecule has 3 aromatic rings. The third-order valence-electron chi connectivity index (χ3n) is 4.25. The van der Waals surface area contributed by atoms with Crippen LogP contribution in [0.4, 0.5) is 0 Å². The van der Waals surface area contributed by atoms with Crippen molar-refractivity contribution < 1.29 is 4.79 Å². The number of aromatic nitrogens is 3. The van der Waals surface area contributed by atoms with Gasteiger partial charge in [-0.25, -0.2) is 5.10 Å². The minimum atomic E-state index is -0.254. The van der Waals surface area contributed by atoms with Crippen LogP contribution in [0.5, 0.6) is 0 Å². The zero-order valence-electron chi connectivity index (χ0n) is 13.2. The van der Waals surface area contributed by atoms with Crippen LogP contribution in [0.15, 0.2) is 46.1 Å². The number of carbonyl (C=O) groups excluding carboxylic acids is 1. The highest BCUT2D eigenvalue weighted by Crippen LogP contribution is 2.28. The van der Waals surface area contributed by atoms with Gasteiger partial charge >= 0.3 is 0 Å². The third kappa shape index (κ3) is 2.41. The molecule has 0 aliphatic carbocycles. The summed E-state index contributed by atoms with van der Waals surface area (Å²) in [5, 5.41) is 7.33. The first-order valence-electron chi connectivity index (χ1n) is 7.69. The third-order valence-corrected chi connectivity index (χ3v) is 5.27. The first-order valence-corrected chi connectivity index (χ1v) is 8.68. The molecule has 0 fully saturated rings. The number of nitrogens with one attached hydrogen (secondary N) is 1. The van der Waals surface area contributed by atoms with Crippen LogP contribution >= 0.6 is 11.8 Å². The van der Waals surface area contributed by atoms with Gasteiger partial charge in [-0.2, -0.15) is 5.10 Å². The molecule has 1 aliphatic heterocycles. The predicted octanol–water partition coefficient (Wildman–Crippen LogP) is 2.10. The summed E-state index contributed by atoms with van der Waals surface area (Å²) in [6.45, 7) is 1.31. The summed E-state index contributed by atoms with van der Waals surface area (Å²) in [4.78, 5) is 27.3. The zero-order valence-corrected chi connectivity index (χ0v) is 14.0. The van der Waals surface area contributed by atoms with E-state index in [-0.39, 0.29) is 11.5 Å². The van der Waals surface area contributed by atoms with Crippen LogP contribution < -0.4 is 5.56 Å². The Morgan fingerprint density at radius 3 is 2.79 bits per heavy atom. The number of rotatable bonds is 3. The van der Waals surface area contributed by atoms with E-state index in [1.54, 1.807) is 29.8 Å². The maximum Gasteiger partial charge on any atom is 0.273 e. The molecule has 1 N–H and O–H groups in total. The van der Waals surface area contributed by atoms with Crippen molar-refractivity contribution in [1.82, 2.24) is 19.7 Å². The fourth-order valence-electron chi connectivity index (χ4n) is 2.99. The Labute approximate surface area is 142 Å². The molecule has 24 heavy (non-hydrogen) atoms. The van der Waals surface area contributed by atoms with E-state index in [1.165, 1.54) is 0 Å². The van der Waals surface area contributed by atoms with Crippen LogP contribution in [-0.4, -0.2) is 39.2 Å². The van der Waals surface area contributed by atoms with Crippen LogP contribution in [0.3, 0.4) is 0 Å². The molecule has 1 aliphatic rings. The molecule has 1 amide bonds. The van der Waals surface area contributed by atoms with Gasteiger partial charge in [-0.15, -0.1) is 11.8 Å². The predicted molar refractivity (Wildman–Crippen MR) is 93.3 cm³/mol. The number of nitrogens with zero attached hydrogens (tertiary/aromatic N) is 3. The quantitative estimate of drug-likeness (QED) is 0.741. The van der Waals surface area contributed by atoms with Gasteiger partial charge in [0.1, 0.15) is 5.69 Å². The van der Waals surface area contributed by atoms with Crippen LogP contribution in [0.1, 0.15) is 16.2 Å². The Bertz CT molecular complexity index is 977. The lowest BCUT2D eigenvalue weighted by Gasteiger charge is -2.25. The maximum absolute atomic E-state index is 12.4. The van der Waals surface area contributed by atoms with Crippen molar-refractivity contribution in [1.29, 1.82) is 0 Å². The van der Waals surface area contributed by atoms with Gasteiger partial charge in [0.05, 0.1) is 16.6 Å². The maximum atomic E-state index is 12.4. The van der Waals surface area contributed by atoms with Gasteiger partial charge in [0.15, 0.2) is 0 Å². The number of likely N-dealkylation sites (N-methyl/N-ethyl adjacent to an activating group) is 1.